The van der Waals surface area contributed by atoms with Crippen LogP contribution < -0.4 is 5.32 Å². The minimum Gasteiger partial charge on any atom is -0.333 e. The third kappa shape index (κ3) is 2.44. The first-order valence-corrected chi connectivity index (χ1v) is 6.82. The van der Waals surface area contributed by atoms with E-state index in [1.165, 1.54) is 37.8 Å². The average molecular weight is 231 g/mol. The molecule has 0 radical (unpaired) electrons. The Morgan fingerprint density at radius 1 is 1.35 bits per heavy atom. The van der Waals surface area contributed by atoms with Gasteiger partial charge in [-0.05, 0) is 44.6 Å². The van der Waals surface area contributed by atoms with Crippen LogP contribution in [-0.2, 0) is 6.54 Å². The predicted octanol–water partition coefficient (Wildman–Crippen LogP) is 2.66. The van der Waals surface area contributed by atoms with Crippen molar-refractivity contribution in [3.05, 3.63) is 30.4 Å². The summed E-state index contributed by atoms with van der Waals surface area (Å²) < 4.78 is 2.37. The zero-order valence-corrected chi connectivity index (χ0v) is 10.3. The van der Waals surface area contributed by atoms with Crippen LogP contribution in [0.25, 0.3) is 0 Å². The minimum absolute atomic E-state index is 0.539. The van der Waals surface area contributed by atoms with Crippen LogP contribution in [0.4, 0.5) is 0 Å². The smallest absolute Gasteiger partial charge is 0.0948 e. The van der Waals surface area contributed by atoms with Crippen LogP contribution >= 0.6 is 0 Å². The van der Waals surface area contributed by atoms with E-state index in [-0.39, 0.29) is 0 Å². The first-order chi connectivity index (χ1) is 8.43. The summed E-state index contributed by atoms with van der Waals surface area (Å²) in [6.07, 6.45) is 15.0. The van der Waals surface area contributed by atoms with Crippen LogP contribution in [0.2, 0.25) is 0 Å². The molecule has 2 aliphatic rings. The average Bonchev–Trinajstić information content (AvgIpc) is 3.00. The molecule has 1 fully saturated rings. The highest BCUT2D eigenvalue weighted by atomic mass is 15.1. The van der Waals surface area contributed by atoms with Gasteiger partial charge in [-0.3, -0.25) is 0 Å². The van der Waals surface area contributed by atoms with Crippen molar-refractivity contribution in [1.82, 2.24) is 14.9 Å². The second-order valence-electron chi connectivity index (χ2n) is 5.27. The van der Waals surface area contributed by atoms with Gasteiger partial charge in [-0.25, -0.2) is 4.98 Å². The highest BCUT2D eigenvalue weighted by molar-refractivity contribution is 5.07. The van der Waals surface area contributed by atoms with Crippen molar-refractivity contribution in [2.75, 3.05) is 6.54 Å². The molecule has 2 heterocycles. The normalized spacial score (nSPS) is 28.7. The molecule has 0 spiro atoms. The third-order valence-electron chi connectivity index (χ3n) is 3.99. The van der Waals surface area contributed by atoms with Gasteiger partial charge in [-0.1, -0.05) is 12.2 Å². The number of nitrogens with zero attached hydrogens (tertiary/aromatic N) is 2. The lowest BCUT2D eigenvalue weighted by Gasteiger charge is -2.21. The number of hydrogen-bond acceptors (Lipinski definition) is 2. The molecular formula is C14H21N3. The number of nitrogens with one attached hydrogen (secondary N) is 1. The number of aromatic nitrogens is 2. The Labute approximate surface area is 103 Å². The summed E-state index contributed by atoms with van der Waals surface area (Å²) in [5.74, 6) is 0.800. The standard InChI is InChI=1S/C14H21N3/c1-2-5-12(6-3-1)10-17-11-15-9-14(17)13-7-4-8-16-13/h1-2,9,11-13,16H,3-8,10H2. The van der Waals surface area contributed by atoms with Gasteiger partial charge in [0, 0.05) is 18.8 Å². The molecular weight excluding hydrogens is 210 g/mol. The maximum absolute atomic E-state index is 4.34. The molecule has 0 aromatic carbocycles. The van der Waals surface area contributed by atoms with Crippen LogP contribution in [0.15, 0.2) is 24.7 Å². The molecule has 1 saturated heterocycles. The van der Waals surface area contributed by atoms with E-state index < -0.39 is 0 Å². The molecule has 92 valence electrons. The minimum atomic E-state index is 0.539. The van der Waals surface area contributed by atoms with E-state index in [9.17, 15) is 0 Å². The molecule has 1 N–H and O–H groups in total. The molecule has 0 amide bonds. The van der Waals surface area contributed by atoms with Gasteiger partial charge >= 0.3 is 0 Å². The largest absolute Gasteiger partial charge is 0.333 e. The predicted molar refractivity (Wildman–Crippen MR) is 68.7 cm³/mol. The van der Waals surface area contributed by atoms with Crippen LogP contribution in [-0.4, -0.2) is 16.1 Å². The Kier molecular flexibility index (Phi) is 3.27. The van der Waals surface area contributed by atoms with Crippen molar-refractivity contribution < 1.29 is 0 Å². The van der Waals surface area contributed by atoms with E-state index in [1.54, 1.807) is 0 Å². The fraction of sp³-hybridized carbons (Fsp3) is 0.643. The number of hydrogen-bond donors (Lipinski definition) is 1. The maximum Gasteiger partial charge on any atom is 0.0948 e. The van der Waals surface area contributed by atoms with Crippen LogP contribution in [0.1, 0.15) is 43.8 Å². The summed E-state index contributed by atoms with van der Waals surface area (Å²) in [5.41, 5.74) is 1.39. The highest BCUT2D eigenvalue weighted by Gasteiger charge is 2.21. The SMILES string of the molecule is C1=CCC(Cn2cncc2C2CCCN2)CC1. The van der Waals surface area contributed by atoms with E-state index in [0.717, 1.165) is 19.0 Å². The van der Waals surface area contributed by atoms with Crippen molar-refractivity contribution in [1.29, 1.82) is 0 Å². The number of allylic oxidation sites excluding steroid dienone is 2. The van der Waals surface area contributed by atoms with Crippen molar-refractivity contribution in [2.45, 2.75) is 44.7 Å². The zero-order valence-electron chi connectivity index (χ0n) is 10.3. The van der Waals surface area contributed by atoms with Crippen molar-refractivity contribution >= 4 is 0 Å². The Bertz CT molecular complexity index is 388. The van der Waals surface area contributed by atoms with Crippen molar-refractivity contribution in [3.63, 3.8) is 0 Å². The molecule has 3 heteroatoms. The van der Waals surface area contributed by atoms with E-state index in [0.29, 0.717) is 6.04 Å². The van der Waals surface area contributed by atoms with E-state index in [1.807, 2.05) is 12.5 Å². The lowest BCUT2D eigenvalue weighted by Crippen LogP contribution is -2.19. The molecule has 1 aliphatic carbocycles. The molecule has 3 nitrogen and oxygen atoms in total. The first kappa shape index (κ1) is 11.0. The molecule has 1 aromatic rings. The molecule has 0 bridgehead atoms. The monoisotopic (exact) mass is 231 g/mol. The van der Waals surface area contributed by atoms with Crippen LogP contribution in [0.5, 0.6) is 0 Å². The van der Waals surface area contributed by atoms with Gasteiger partial charge in [0.2, 0.25) is 0 Å². The topological polar surface area (TPSA) is 29.9 Å². The number of rotatable bonds is 3. The van der Waals surface area contributed by atoms with E-state index in [2.05, 4.69) is 27.0 Å². The molecule has 1 aliphatic heterocycles. The lowest BCUT2D eigenvalue weighted by molar-refractivity contribution is 0.396. The van der Waals surface area contributed by atoms with Gasteiger partial charge in [-0.15, -0.1) is 0 Å². The van der Waals surface area contributed by atoms with Gasteiger partial charge in [0.15, 0.2) is 0 Å². The third-order valence-corrected chi connectivity index (χ3v) is 3.99. The highest BCUT2D eigenvalue weighted by Crippen LogP contribution is 2.25. The zero-order chi connectivity index (χ0) is 11.5. The Morgan fingerprint density at radius 3 is 3.12 bits per heavy atom. The van der Waals surface area contributed by atoms with Crippen molar-refractivity contribution in [3.8, 4) is 0 Å². The van der Waals surface area contributed by atoms with E-state index >= 15 is 0 Å². The van der Waals surface area contributed by atoms with Gasteiger partial charge in [0.05, 0.1) is 12.0 Å². The Hall–Kier alpha value is -1.09. The van der Waals surface area contributed by atoms with Gasteiger partial charge in [-0.2, -0.15) is 0 Å². The van der Waals surface area contributed by atoms with Crippen LogP contribution in [0, 0.1) is 5.92 Å². The second-order valence-corrected chi connectivity index (χ2v) is 5.27. The Morgan fingerprint density at radius 2 is 2.35 bits per heavy atom. The number of imidazole rings is 1. The Balaban J connectivity index is 1.69. The molecule has 2 unspecified atom stereocenters. The summed E-state index contributed by atoms with van der Waals surface area (Å²) in [6, 6.07) is 0.539. The second kappa shape index (κ2) is 5.05. The molecule has 2 atom stereocenters. The summed E-state index contributed by atoms with van der Waals surface area (Å²) >= 11 is 0. The first-order valence-electron chi connectivity index (χ1n) is 6.82. The summed E-state index contributed by atoms with van der Waals surface area (Å²) in [6.45, 7) is 2.29. The quantitative estimate of drug-likeness (QED) is 0.811. The summed E-state index contributed by atoms with van der Waals surface area (Å²) in [4.78, 5) is 4.34. The molecule has 0 saturated carbocycles. The van der Waals surface area contributed by atoms with Crippen LogP contribution in [0.3, 0.4) is 0 Å². The van der Waals surface area contributed by atoms with E-state index in [4.69, 9.17) is 0 Å². The van der Waals surface area contributed by atoms with Gasteiger partial charge in [0.1, 0.15) is 0 Å². The lowest BCUT2D eigenvalue weighted by atomic mass is 9.94. The van der Waals surface area contributed by atoms with Crippen molar-refractivity contribution in [2.24, 2.45) is 5.92 Å². The fourth-order valence-electron chi connectivity index (χ4n) is 3.01. The molecule has 3 rings (SSSR count). The maximum atomic E-state index is 4.34. The molecule has 17 heavy (non-hydrogen) atoms. The summed E-state index contributed by atoms with van der Waals surface area (Å²) in [7, 11) is 0. The van der Waals surface area contributed by atoms with Gasteiger partial charge in [0.25, 0.3) is 0 Å². The molecule has 1 aromatic heterocycles. The fourth-order valence-corrected chi connectivity index (χ4v) is 3.01. The van der Waals surface area contributed by atoms with Gasteiger partial charge < -0.3 is 9.88 Å². The summed E-state index contributed by atoms with van der Waals surface area (Å²) in [5, 5.41) is 3.56.